The molecule has 0 aromatic carbocycles. The molecule has 0 aliphatic carbocycles. The number of aryl methyl sites for hydroxylation is 1. The number of aromatic carboxylic acids is 1. The van der Waals surface area contributed by atoms with Crippen LogP contribution in [0.3, 0.4) is 0 Å². The number of nitrogens with one attached hydrogen (secondary N) is 3. The van der Waals surface area contributed by atoms with E-state index in [4.69, 9.17) is 16.2 Å². The predicted octanol–water partition coefficient (Wildman–Crippen LogP) is 3.14. The Balaban J connectivity index is 1.59. The zero-order valence-electron chi connectivity index (χ0n) is 17.5. The summed E-state index contributed by atoms with van der Waals surface area (Å²) < 4.78 is 6.75. The number of aromatic nitrogens is 4. The molecule has 3 aromatic heterocycles. The molecule has 12 heteroatoms. The van der Waals surface area contributed by atoms with E-state index in [1.807, 2.05) is 0 Å². The lowest BCUT2D eigenvalue weighted by Gasteiger charge is -2.06. The van der Waals surface area contributed by atoms with Crippen molar-refractivity contribution in [1.82, 2.24) is 24.6 Å². The van der Waals surface area contributed by atoms with Gasteiger partial charge in [-0.25, -0.2) is 19.6 Å². The van der Waals surface area contributed by atoms with Gasteiger partial charge in [0.25, 0.3) is 5.91 Å². The highest BCUT2D eigenvalue weighted by atomic mass is 35.5. The van der Waals surface area contributed by atoms with Crippen LogP contribution in [0.25, 0.3) is 11.5 Å². The number of hydrogen-bond donors (Lipinski definition) is 4. The van der Waals surface area contributed by atoms with E-state index in [0.29, 0.717) is 11.4 Å². The Bertz CT molecular complexity index is 1070. The van der Waals surface area contributed by atoms with E-state index in [9.17, 15) is 14.7 Å². The monoisotopic (exact) mass is 461 g/mol. The van der Waals surface area contributed by atoms with Gasteiger partial charge >= 0.3 is 5.97 Å². The number of halogens is 1. The van der Waals surface area contributed by atoms with Crippen LogP contribution in [0.15, 0.2) is 35.2 Å². The van der Waals surface area contributed by atoms with Crippen LogP contribution in [0, 0.1) is 0 Å². The maximum Gasteiger partial charge on any atom is 0.358 e. The van der Waals surface area contributed by atoms with Crippen molar-refractivity contribution in [3.63, 3.8) is 0 Å². The molecule has 3 rings (SSSR count). The first-order valence-corrected chi connectivity index (χ1v) is 10.4. The third kappa shape index (κ3) is 6.28. The molecule has 0 aliphatic heterocycles. The first-order chi connectivity index (χ1) is 15.5. The number of nitrogens with zero attached hydrogens (tertiary/aromatic N) is 4. The second kappa shape index (κ2) is 11.3. The number of oxazole rings is 1. The number of carboxylic acids is 1. The molecule has 0 unspecified atom stereocenters. The van der Waals surface area contributed by atoms with Gasteiger partial charge in [0, 0.05) is 38.1 Å². The highest BCUT2D eigenvalue weighted by Gasteiger charge is 2.20. The van der Waals surface area contributed by atoms with E-state index >= 15 is 0 Å². The van der Waals surface area contributed by atoms with Gasteiger partial charge in [0.05, 0.1) is 5.69 Å². The molecule has 1 amide bonds. The third-order valence-electron chi connectivity index (χ3n) is 4.53. The van der Waals surface area contributed by atoms with Crippen molar-refractivity contribution in [3.05, 3.63) is 42.2 Å². The summed E-state index contributed by atoms with van der Waals surface area (Å²) in [5, 5.41) is 18.7. The fraction of sp³-hybridized carbons (Fsp3) is 0.350. The number of unbranched alkanes of at least 4 members (excludes halogenated alkanes) is 3. The third-order valence-corrected chi connectivity index (χ3v) is 4.72. The Hall–Kier alpha value is -3.44. The van der Waals surface area contributed by atoms with Gasteiger partial charge in [-0.05, 0) is 36.8 Å². The Morgan fingerprint density at radius 3 is 2.75 bits per heavy atom. The number of carbonyl (C=O) groups excluding carboxylic acids is 1. The largest absolute Gasteiger partial charge is 0.476 e. The topological polar surface area (TPSA) is 147 Å². The van der Waals surface area contributed by atoms with Gasteiger partial charge < -0.3 is 20.2 Å². The van der Waals surface area contributed by atoms with Gasteiger partial charge in [0.15, 0.2) is 11.4 Å². The second-order valence-electron chi connectivity index (χ2n) is 7.02. The van der Waals surface area contributed by atoms with Crippen LogP contribution in [0.5, 0.6) is 0 Å². The number of carboxylic acid groups (broad SMARTS) is 1. The Labute approximate surface area is 189 Å². The molecule has 0 radical (unpaired) electrons. The molecule has 0 fully saturated rings. The molecule has 11 nitrogen and oxygen atoms in total. The van der Waals surface area contributed by atoms with E-state index in [1.165, 1.54) is 17.1 Å². The number of pyridine rings is 1. The standard InChI is InChI=1S/C20H24ClN7O4/c1-28-11-14(17(27-28)20(30)31)25-18(29)15-12-32-19(26-15)13-6-9-23-16(10-13)22-7-4-2-3-5-8-24-21/h6,9-12,24H,2-5,7-8H2,1H3,(H,22,23)(H,25,29)(H,30,31). The minimum absolute atomic E-state index is 0.0120. The Morgan fingerprint density at radius 1 is 1.22 bits per heavy atom. The van der Waals surface area contributed by atoms with Crippen LogP contribution in [-0.4, -0.2) is 49.8 Å². The fourth-order valence-corrected chi connectivity index (χ4v) is 3.12. The van der Waals surface area contributed by atoms with Crippen molar-refractivity contribution in [3.8, 4) is 11.5 Å². The summed E-state index contributed by atoms with van der Waals surface area (Å²) >= 11 is 5.43. The summed E-state index contributed by atoms with van der Waals surface area (Å²) in [5.41, 5.74) is 0.481. The first kappa shape index (κ1) is 23.2. The minimum Gasteiger partial charge on any atom is -0.476 e. The summed E-state index contributed by atoms with van der Waals surface area (Å²) in [6, 6.07) is 3.51. The van der Waals surface area contributed by atoms with Crippen molar-refractivity contribution in [2.75, 3.05) is 23.7 Å². The molecule has 0 atom stereocenters. The Kier molecular flexibility index (Phi) is 8.17. The van der Waals surface area contributed by atoms with Crippen LogP contribution in [-0.2, 0) is 7.05 Å². The zero-order valence-corrected chi connectivity index (χ0v) is 18.2. The summed E-state index contributed by atoms with van der Waals surface area (Å²) in [6.45, 7) is 1.58. The average Bonchev–Trinajstić information content (AvgIpc) is 3.40. The van der Waals surface area contributed by atoms with E-state index in [2.05, 4.69) is 30.5 Å². The van der Waals surface area contributed by atoms with Gasteiger partial charge in [-0.15, -0.1) is 0 Å². The molecule has 3 heterocycles. The molecule has 0 saturated carbocycles. The van der Waals surface area contributed by atoms with Crippen molar-refractivity contribution in [1.29, 1.82) is 0 Å². The number of carbonyl (C=O) groups is 2. The quantitative estimate of drug-likeness (QED) is 0.236. The molecule has 32 heavy (non-hydrogen) atoms. The molecule has 0 spiro atoms. The smallest absolute Gasteiger partial charge is 0.358 e. The molecular formula is C20H24ClN7O4. The number of rotatable bonds is 12. The zero-order chi connectivity index (χ0) is 22.9. The predicted molar refractivity (Wildman–Crippen MR) is 119 cm³/mol. The van der Waals surface area contributed by atoms with Crippen molar-refractivity contribution < 1.29 is 19.1 Å². The van der Waals surface area contributed by atoms with Gasteiger partial charge in [0.1, 0.15) is 12.1 Å². The highest BCUT2D eigenvalue weighted by Crippen LogP contribution is 2.22. The van der Waals surface area contributed by atoms with Gasteiger partial charge in [-0.2, -0.15) is 5.10 Å². The molecule has 170 valence electrons. The molecular weight excluding hydrogens is 438 g/mol. The summed E-state index contributed by atoms with van der Waals surface area (Å²) in [5.74, 6) is -0.924. The number of hydrogen-bond acceptors (Lipinski definition) is 8. The molecule has 0 aliphatic rings. The van der Waals surface area contributed by atoms with Gasteiger partial charge in [-0.1, -0.05) is 12.8 Å². The van der Waals surface area contributed by atoms with Crippen LogP contribution in [0.1, 0.15) is 46.7 Å². The van der Waals surface area contributed by atoms with Crippen molar-refractivity contribution in [2.45, 2.75) is 25.7 Å². The van der Waals surface area contributed by atoms with E-state index in [-0.39, 0.29) is 23.0 Å². The molecule has 4 N–H and O–H groups in total. The van der Waals surface area contributed by atoms with Crippen molar-refractivity contribution >= 4 is 35.2 Å². The lowest BCUT2D eigenvalue weighted by Crippen LogP contribution is -2.14. The summed E-state index contributed by atoms with van der Waals surface area (Å²) in [6.07, 6.45) is 8.47. The molecule has 0 bridgehead atoms. The SMILES string of the molecule is Cn1cc(NC(=O)c2coc(-c3ccnc(NCCCCCCNCl)c3)n2)c(C(=O)O)n1. The van der Waals surface area contributed by atoms with Crippen LogP contribution in [0.2, 0.25) is 0 Å². The number of anilines is 2. The summed E-state index contributed by atoms with van der Waals surface area (Å²) in [7, 11) is 1.56. The number of amides is 1. The highest BCUT2D eigenvalue weighted by molar-refractivity contribution is 6.13. The van der Waals surface area contributed by atoms with Crippen LogP contribution in [0.4, 0.5) is 11.5 Å². The Morgan fingerprint density at radius 2 is 2.00 bits per heavy atom. The van der Waals surface area contributed by atoms with Gasteiger partial charge in [-0.3, -0.25) is 9.48 Å². The van der Waals surface area contributed by atoms with Gasteiger partial charge in [0.2, 0.25) is 5.89 Å². The maximum absolute atomic E-state index is 12.5. The second-order valence-corrected chi connectivity index (χ2v) is 7.28. The maximum atomic E-state index is 12.5. The van der Waals surface area contributed by atoms with Crippen molar-refractivity contribution in [2.24, 2.45) is 7.05 Å². The van der Waals surface area contributed by atoms with E-state index in [1.54, 1.807) is 25.4 Å². The normalized spacial score (nSPS) is 10.8. The van der Waals surface area contributed by atoms with E-state index in [0.717, 1.165) is 38.8 Å². The first-order valence-electron chi connectivity index (χ1n) is 10.1. The van der Waals surface area contributed by atoms with Crippen LogP contribution < -0.4 is 15.5 Å². The minimum atomic E-state index is -1.24. The fourth-order valence-electron chi connectivity index (χ4n) is 2.98. The molecule has 3 aromatic rings. The average molecular weight is 462 g/mol. The lowest BCUT2D eigenvalue weighted by atomic mass is 10.2. The summed E-state index contributed by atoms with van der Waals surface area (Å²) in [4.78, 5) is 34.8. The lowest BCUT2D eigenvalue weighted by molar-refractivity contribution is 0.0690. The van der Waals surface area contributed by atoms with E-state index < -0.39 is 11.9 Å². The van der Waals surface area contributed by atoms with Crippen LogP contribution >= 0.6 is 11.8 Å². The molecule has 0 saturated heterocycles.